The van der Waals surface area contributed by atoms with E-state index in [1.54, 1.807) is 86.6 Å². The van der Waals surface area contributed by atoms with Crippen LogP contribution in [0.5, 0.6) is 0 Å². The Hall–Kier alpha value is -4.66. The van der Waals surface area contributed by atoms with Crippen LogP contribution < -0.4 is 5.32 Å². The predicted octanol–water partition coefficient (Wildman–Crippen LogP) is 5.39. The Morgan fingerprint density at radius 1 is 0.849 bits per heavy atom. The summed E-state index contributed by atoms with van der Waals surface area (Å²) in [6.07, 6.45) is 1.01. The Bertz CT molecular complexity index is 1940. The molecule has 0 radical (unpaired) electrons. The fourth-order valence-electron chi connectivity index (χ4n) is 5.97. The highest BCUT2D eigenvalue weighted by atomic mass is 32.2. The molecule has 1 N–H and O–H groups in total. The summed E-state index contributed by atoms with van der Waals surface area (Å²) in [5.41, 5.74) is 1.40. The van der Waals surface area contributed by atoms with E-state index in [1.165, 1.54) is 23.1 Å². The van der Waals surface area contributed by atoms with Crippen molar-refractivity contribution in [3.8, 4) is 0 Å². The lowest BCUT2D eigenvalue weighted by molar-refractivity contribution is -0.143. The first-order chi connectivity index (χ1) is 25.3. The maximum Gasteiger partial charge on any atom is 0.408 e. The number of alkyl carbamates (subject to hydrolysis) is 1. The molecule has 3 aromatic rings. The molecule has 0 aliphatic carbocycles. The molecule has 0 unspecified atom stereocenters. The van der Waals surface area contributed by atoms with Crippen LogP contribution in [0.1, 0.15) is 57.1 Å². The molecule has 284 valence electrons. The Kier molecular flexibility index (Phi) is 15.1. The molecule has 1 fully saturated rings. The number of ketones is 2. The third kappa shape index (κ3) is 12.8. The van der Waals surface area contributed by atoms with Crippen LogP contribution in [-0.4, -0.2) is 69.7 Å². The van der Waals surface area contributed by atoms with Crippen LogP contribution in [0.25, 0.3) is 0 Å². The van der Waals surface area contributed by atoms with Crippen molar-refractivity contribution >= 4 is 43.5 Å². The molecule has 53 heavy (non-hydrogen) atoms. The number of allylic oxidation sites excluding steroid dienone is 1. The van der Waals surface area contributed by atoms with E-state index in [0.29, 0.717) is 18.4 Å². The summed E-state index contributed by atoms with van der Waals surface area (Å²) >= 11 is 0. The Morgan fingerprint density at radius 3 is 2.04 bits per heavy atom. The number of nitrogens with one attached hydrogen (secondary N) is 1. The lowest BCUT2D eigenvalue weighted by Gasteiger charge is -2.30. The number of amides is 2. The number of rotatable bonds is 19. The molecule has 3 aromatic carbocycles. The van der Waals surface area contributed by atoms with Gasteiger partial charge in [0.05, 0.1) is 29.0 Å². The third-order valence-electron chi connectivity index (χ3n) is 8.90. The average Bonchev–Trinajstić information content (AvgIpc) is 3.65. The molecule has 12 nitrogen and oxygen atoms in total. The van der Waals surface area contributed by atoms with Gasteiger partial charge in [0, 0.05) is 18.9 Å². The first-order valence-corrected chi connectivity index (χ1v) is 20.6. The smallest absolute Gasteiger partial charge is 0.408 e. The van der Waals surface area contributed by atoms with Crippen molar-refractivity contribution in [1.82, 2.24) is 10.2 Å². The summed E-state index contributed by atoms with van der Waals surface area (Å²) in [6, 6.07) is 23.3. The van der Waals surface area contributed by atoms with Crippen molar-refractivity contribution in [2.75, 3.05) is 12.3 Å². The monoisotopic (exact) mass is 766 g/mol. The van der Waals surface area contributed by atoms with Crippen LogP contribution in [0.2, 0.25) is 0 Å². The van der Waals surface area contributed by atoms with Gasteiger partial charge in [-0.2, -0.15) is 8.42 Å². The second-order valence-corrected chi connectivity index (χ2v) is 16.7. The molecule has 14 heteroatoms. The van der Waals surface area contributed by atoms with Crippen molar-refractivity contribution in [3.05, 3.63) is 114 Å². The third-order valence-corrected chi connectivity index (χ3v) is 11.5. The van der Waals surface area contributed by atoms with E-state index in [2.05, 4.69) is 5.32 Å². The molecule has 3 atom stereocenters. The van der Waals surface area contributed by atoms with Gasteiger partial charge >= 0.3 is 6.09 Å². The van der Waals surface area contributed by atoms with Crippen molar-refractivity contribution in [2.24, 2.45) is 11.8 Å². The van der Waals surface area contributed by atoms with Gasteiger partial charge in [-0.05, 0) is 54.9 Å². The quantitative estimate of drug-likeness (QED) is 0.156. The highest BCUT2D eigenvalue weighted by Crippen LogP contribution is 2.27. The van der Waals surface area contributed by atoms with E-state index in [0.717, 1.165) is 11.0 Å². The summed E-state index contributed by atoms with van der Waals surface area (Å²) in [5.74, 6) is -3.52. The molecular weight excluding hydrogens is 721 g/mol. The standard InChI is InChI=1S/C39H46N2O10S2/c1-29(2)33(38(44)41-23-14-22-35(41)37(43)28-52(46,47)32-19-10-5-11-20-32)25-36(42)34(40-39(45)50-26-30-15-6-3-7-16-30)21-12-13-24-53(48,49)51-27-31-17-8-4-9-18-31/h3-11,13,15-20,24,29,33-35H,12,14,21-23,25-28H2,1-2H3,(H,40,45)/b24-13+/t33-,34-,35-/m0/s1. The average molecular weight is 767 g/mol. The van der Waals surface area contributed by atoms with E-state index in [4.69, 9.17) is 8.92 Å². The first kappa shape index (κ1) is 41.1. The molecule has 0 saturated carbocycles. The number of benzene rings is 3. The fourth-order valence-corrected chi connectivity index (χ4v) is 8.03. The van der Waals surface area contributed by atoms with Gasteiger partial charge in [0.15, 0.2) is 21.4 Å². The van der Waals surface area contributed by atoms with Crippen molar-refractivity contribution < 1.29 is 44.9 Å². The number of sulfone groups is 1. The zero-order chi connectivity index (χ0) is 38.4. The zero-order valence-corrected chi connectivity index (χ0v) is 31.5. The Morgan fingerprint density at radius 2 is 1.43 bits per heavy atom. The van der Waals surface area contributed by atoms with Crippen LogP contribution >= 0.6 is 0 Å². The van der Waals surface area contributed by atoms with E-state index < -0.39 is 67.3 Å². The largest absolute Gasteiger partial charge is 0.445 e. The molecule has 1 heterocycles. The molecule has 0 bridgehead atoms. The number of likely N-dealkylation sites (tertiary alicyclic amines) is 1. The van der Waals surface area contributed by atoms with Crippen LogP contribution in [-0.2, 0) is 56.5 Å². The normalized spacial score (nSPS) is 16.0. The lowest BCUT2D eigenvalue weighted by atomic mass is 9.86. The van der Waals surface area contributed by atoms with Gasteiger partial charge < -0.3 is 15.0 Å². The molecule has 1 saturated heterocycles. The minimum absolute atomic E-state index is 0.00878. The van der Waals surface area contributed by atoms with Gasteiger partial charge in [0.2, 0.25) is 5.91 Å². The van der Waals surface area contributed by atoms with Gasteiger partial charge in [0.1, 0.15) is 12.4 Å². The molecule has 1 aliphatic rings. The van der Waals surface area contributed by atoms with Gasteiger partial charge in [0.25, 0.3) is 10.1 Å². The molecule has 0 aromatic heterocycles. The number of nitrogens with zero attached hydrogens (tertiary/aromatic N) is 1. The van der Waals surface area contributed by atoms with E-state index in [-0.39, 0.29) is 49.8 Å². The van der Waals surface area contributed by atoms with Gasteiger partial charge in [-0.3, -0.25) is 18.6 Å². The number of carbonyl (C=O) groups excluding carboxylic acids is 4. The lowest BCUT2D eigenvalue weighted by Crippen LogP contribution is -2.48. The van der Waals surface area contributed by atoms with Crippen LogP contribution in [0, 0.1) is 11.8 Å². The van der Waals surface area contributed by atoms with E-state index in [9.17, 15) is 36.0 Å². The summed E-state index contributed by atoms with van der Waals surface area (Å²) in [5, 5.41) is 3.48. The number of hydrogen-bond acceptors (Lipinski definition) is 10. The maximum atomic E-state index is 14.0. The van der Waals surface area contributed by atoms with Gasteiger partial charge in [-0.15, -0.1) is 0 Å². The van der Waals surface area contributed by atoms with Crippen molar-refractivity contribution in [2.45, 2.75) is 76.1 Å². The summed E-state index contributed by atoms with van der Waals surface area (Å²) in [4.78, 5) is 55.4. The summed E-state index contributed by atoms with van der Waals surface area (Å²) < 4.78 is 61.2. The van der Waals surface area contributed by atoms with Crippen LogP contribution in [0.3, 0.4) is 0 Å². The number of Topliss-reactive ketones (excluding diaryl/α,β-unsaturated/α-hetero) is 2. The van der Waals surface area contributed by atoms with Crippen LogP contribution in [0.4, 0.5) is 4.79 Å². The second kappa shape index (κ2) is 19.4. The molecule has 1 aliphatic heterocycles. The SMILES string of the molecule is CC(C)[C@H](CC(=O)[C@H](CC/C=C/S(=O)(=O)OCc1ccccc1)NC(=O)OCc1ccccc1)C(=O)N1CCC[C@H]1C(=O)CS(=O)(=O)c1ccccc1. The van der Waals surface area contributed by atoms with E-state index in [1.807, 2.05) is 6.07 Å². The van der Waals surface area contributed by atoms with E-state index >= 15 is 0 Å². The predicted molar refractivity (Wildman–Crippen MR) is 198 cm³/mol. The first-order valence-electron chi connectivity index (χ1n) is 17.5. The highest BCUT2D eigenvalue weighted by molar-refractivity contribution is 7.92. The highest BCUT2D eigenvalue weighted by Gasteiger charge is 2.40. The Balaban J connectivity index is 1.44. The summed E-state index contributed by atoms with van der Waals surface area (Å²) in [6.45, 7) is 3.56. The van der Waals surface area contributed by atoms with Gasteiger partial charge in [-0.1, -0.05) is 98.8 Å². The maximum absolute atomic E-state index is 14.0. The van der Waals surface area contributed by atoms with Crippen LogP contribution in [0.15, 0.2) is 107 Å². The Labute approximate surface area is 311 Å². The van der Waals surface area contributed by atoms with Gasteiger partial charge in [-0.25, -0.2) is 13.2 Å². The molecule has 0 spiro atoms. The number of carbonyl (C=O) groups is 4. The zero-order valence-electron chi connectivity index (χ0n) is 29.8. The van der Waals surface area contributed by atoms with Crippen molar-refractivity contribution in [3.63, 3.8) is 0 Å². The molecule has 4 rings (SSSR count). The summed E-state index contributed by atoms with van der Waals surface area (Å²) in [7, 11) is -7.97. The fraction of sp³-hybridized carbons (Fsp3) is 0.385. The minimum atomic E-state index is -4.04. The second-order valence-electron chi connectivity index (χ2n) is 13.2. The number of ether oxygens (including phenoxy) is 1. The van der Waals surface area contributed by atoms with Crippen molar-refractivity contribution in [1.29, 1.82) is 0 Å². The minimum Gasteiger partial charge on any atom is -0.445 e. The molecular formula is C39H46N2O10S2. The molecule has 2 amide bonds. The number of hydrogen-bond donors (Lipinski definition) is 1. The topological polar surface area (TPSA) is 170 Å².